The average molecular weight is 249 g/mol. The Morgan fingerprint density at radius 2 is 1.72 bits per heavy atom. The van der Waals surface area contributed by atoms with E-state index in [1.54, 1.807) is 0 Å². The summed E-state index contributed by atoms with van der Waals surface area (Å²) in [6.45, 7) is 12.9. The molecule has 0 saturated heterocycles. The fourth-order valence-corrected chi connectivity index (χ4v) is 1.65. The van der Waals surface area contributed by atoms with Gasteiger partial charge in [0.25, 0.3) is 0 Å². The van der Waals surface area contributed by atoms with Crippen LogP contribution in [0.15, 0.2) is 24.3 Å². The number of ether oxygens (including phenoxy) is 1. The Morgan fingerprint density at radius 3 is 2.22 bits per heavy atom. The fourth-order valence-electron chi connectivity index (χ4n) is 1.65. The van der Waals surface area contributed by atoms with Crippen LogP contribution >= 0.6 is 0 Å². The first-order valence-corrected chi connectivity index (χ1v) is 6.83. The van der Waals surface area contributed by atoms with E-state index in [1.165, 1.54) is 12.0 Å². The molecule has 0 aromatic heterocycles. The summed E-state index contributed by atoms with van der Waals surface area (Å²) in [6, 6.07) is 8.34. The summed E-state index contributed by atoms with van der Waals surface area (Å²) in [4.78, 5) is 0. The Hall–Kier alpha value is -1.02. The molecule has 1 aromatic rings. The van der Waals surface area contributed by atoms with Gasteiger partial charge in [-0.15, -0.1) is 0 Å². The van der Waals surface area contributed by atoms with E-state index < -0.39 is 0 Å². The molecule has 1 aromatic carbocycles. The van der Waals surface area contributed by atoms with Gasteiger partial charge in [0.15, 0.2) is 0 Å². The van der Waals surface area contributed by atoms with Crippen molar-refractivity contribution in [3.05, 3.63) is 29.8 Å². The van der Waals surface area contributed by atoms with Crippen LogP contribution in [-0.4, -0.2) is 12.6 Å². The molecule has 0 unspecified atom stereocenters. The summed E-state index contributed by atoms with van der Waals surface area (Å²) < 4.78 is 5.62. The second-order valence-electron chi connectivity index (χ2n) is 6.30. The van der Waals surface area contributed by atoms with E-state index in [9.17, 15) is 0 Å². The third-order valence-corrected chi connectivity index (χ3v) is 2.68. The van der Waals surface area contributed by atoms with Crippen LogP contribution in [0.25, 0.3) is 0 Å². The number of nitrogens with one attached hydrogen (secondary N) is 1. The molecule has 2 nitrogen and oxygen atoms in total. The van der Waals surface area contributed by atoms with Crippen molar-refractivity contribution in [3.63, 3.8) is 0 Å². The third-order valence-electron chi connectivity index (χ3n) is 2.68. The summed E-state index contributed by atoms with van der Waals surface area (Å²) in [6.07, 6.45) is 1.43. The summed E-state index contributed by atoms with van der Waals surface area (Å²) in [5.41, 5.74) is 1.71. The van der Waals surface area contributed by atoms with Gasteiger partial charge in [0.2, 0.25) is 0 Å². The molecular formula is C16H27NO. The maximum atomic E-state index is 5.62. The van der Waals surface area contributed by atoms with Crippen molar-refractivity contribution < 1.29 is 4.74 Å². The highest BCUT2D eigenvalue weighted by molar-refractivity contribution is 5.27. The van der Waals surface area contributed by atoms with Crippen molar-refractivity contribution in [1.29, 1.82) is 0 Å². The maximum Gasteiger partial charge on any atom is 0.119 e. The summed E-state index contributed by atoms with van der Waals surface area (Å²) in [5.74, 6) is 0.948. The summed E-state index contributed by atoms with van der Waals surface area (Å²) in [7, 11) is 0. The van der Waals surface area contributed by atoms with Crippen LogP contribution in [0.1, 0.15) is 46.6 Å². The van der Waals surface area contributed by atoms with E-state index in [1.807, 2.05) is 26.0 Å². The Labute approximate surface area is 112 Å². The fraction of sp³-hybridized carbons (Fsp3) is 0.625. The van der Waals surface area contributed by atoms with Crippen molar-refractivity contribution in [2.75, 3.05) is 6.54 Å². The van der Waals surface area contributed by atoms with Gasteiger partial charge in [-0.3, -0.25) is 0 Å². The zero-order valence-electron chi connectivity index (χ0n) is 12.4. The zero-order chi connectivity index (χ0) is 13.6. The van der Waals surface area contributed by atoms with Gasteiger partial charge >= 0.3 is 0 Å². The van der Waals surface area contributed by atoms with Gasteiger partial charge in [0.05, 0.1) is 6.10 Å². The van der Waals surface area contributed by atoms with Crippen LogP contribution in [0.5, 0.6) is 5.75 Å². The lowest BCUT2D eigenvalue weighted by Crippen LogP contribution is -2.20. The molecular weight excluding hydrogens is 222 g/mol. The van der Waals surface area contributed by atoms with Crippen molar-refractivity contribution in [1.82, 2.24) is 5.32 Å². The van der Waals surface area contributed by atoms with Crippen LogP contribution < -0.4 is 10.1 Å². The first-order chi connectivity index (χ1) is 8.37. The van der Waals surface area contributed by atoms with Crippen LogP contribution in [0.3, 0.4) is 0 Å². The first kappa shape index (κ1) is 15.0. The molecule has 0 radical (unpaired) electrons. The van der Waals surface area contributed by atoms with Crippen LogP contribution in [0.4, 0.5) is 0 Å². The topological polar surface area (TPSA) is 21.3 Å². The number of rotatable bonds is 6. The molecule has 0 fully saturated rings. The second kappa shape index (κ2) is 6.79. The normalized spacial score (nSPS) is 11.9. The van der Waals surface area contributed by atoms with Gasteiger partial charge in [0, 0.05) is 6.54 Å². The summed E-state index contributed by atoms with van der Waals surface area (Å²) in [5, 5.41) is 3.48. The summed E-state index contributed by atoms with van der Waals surface area (Å²) >= 11 is 0. The largest absolute Gasteiger partial charge is 0.491 e. The van der Waals surface area contributed by atoms with Crippen LogP contribution in [0, 0.1) is 5.41 Å². The minimum Gasteiger partial charge on any atom is -0.491 e. The molecule has 0 amide bonds. The molecule has 0 saturated carbocycles. The molecule has 102 valence electrons. The Kier molecular flexibility index (Phi) is 5.67. The molecule has 2 heteroatoms. The Morgan fingerprint density at radius 1 is 1.11 bits per heavy atom. The number of hydrogen-bond donors (Lipinski definition) is 1. The highest BCUT2D eigenvalue weighted by Crippen LogP contribution is 2.17. The van der Waals surface area contributed by atoms with Crippen molar-refractivity contribution in [3.8, 4) is 5.75 Å². The Balaban J connectivity index is 2.31. The van der Waals surface area contributed by atoms with Crippen LogP contribution in [0.2, 0.25) is 0 Å². The number of benzene rings is 1. The van der Waals surface area contributed by atoms with Crippen molar-refractivity contribution >= 4 is 0 Å². The molecule has 0 atom stereocenters. The average Bonchev–Trinajstić information content (AvgIpc) is 2.24. The lowest BCUT2D eigenvalue weighted by Gasteiger charge is -2.18. The molecule has 0 aliphatic carbocycles. The molecule has 0 heterocycles. The predicted molar refractivity (Wildman–Crippen MR) is 78.0 cm³/mol. The van der Waals surface area contributed by atoms with E-state index in [-0.39, 0.29) is 6.10 Å². The number of hydrogen-bond acceptors (Lipinski definition) is 2. The second-order valence-corrected chi connectivity index (χ2v) is 6.30. The van der Waals surface area contributed by atoms with Gasteiger partial charge in [0.1, 0.15) is 5.75 Å². The molecule has 1 rings (SSSR count). The third kappa shape index (κ3) is 6.65. The van der Waals surface area contributed by atoms with Gasteiger partial charge in [-0.1, -0.05) is 32.9 Å². The van der Waals surface area contributed by atoms with Gasteiger partial charge < -0.3 is 10.1 Å². The molecule has 0 spiro atoms. The highest BCUT2D eigenvalue weighted by atomic mass is 16.5. The molecule has 0 aliphatic heterocycles. The van der Waals surface area contributed by atoms with E-state index in [0.717, 1.165) is 18.8 Å². The Bertz CT molecular complexity index is 335. The van der Waals surface area contributed by atoms with Gasteiger partial charge in [-0.05, 0) is 49.9 Å². The van der Waals surface area contributed by atoms with Crippen molar-refractivity contribution in [2.24, 2.45) is 5.41 Å². The molecule has 0 aliphatic rings. The standard InChI is InChI=1S/C16H27NO/c1-13(2)18-15-8-6-14(7-9-15)12-17-11-10-16(3,4)5/h6-9,13,17H,10-12H2,1-5H3. The zero-order valence-corrected chi connectivity index (χ0v) is 12.4. The SMILES string of the molecule is CC(C)Oc1ccc(CNCCC(C)(C)C)cc1. The highest BCUT2D eigenvalue weighted by Gasteiger charge is 2.08. The lowest BCUT2D eigenvalue weighted by molar-refractivity contribution is 0.242. The first-order valence-electron chi connectivity index (χ1n) is 6.83. The lowest BCUT2D eigenvalue weighted by atomic mass is 9.92. The molecule has 1 N–H and O–H groups in total. The minimum absolute atomic E-state index is 0.237. The molecule has 18 heavy (non-hydrogen) atoms. The predicted octanol–water partition coefficient (Wildman–Crippen LogP) is 4.00. The smallest absolute Gasteiger partial charge is 0.119 e. The minimum atomic E-state index is 0.237. The monoisotopic (exact) mass is 249 g/mol. The maximum absolute atomic E-state index is 5.62. The van der Waals surface area contributed by atoms with Crippen LogP contribution in [-0.2, 0) is 6.54 Å². The van der Waals surface area contributed by atoms with Gasteiger partial charge in [-0.25, -0.2) is 0 Å². The van der Waals surface area contributed by atoms with E-state index in [0.29, 0.717) is 5.41 Å². The quantitative estimate of drug-likeness (QED) is 0.769. The van der Waals surface area contributed by atoms with Crippen molar-refractivity contribution in [2.45, 2.75) is 53.7 Å². The van der Waals surface area contributed by atoms with Gasteiger partial charge in [-0.2, -0.15) is 0 Å². The van der Waals surface area contributed by atoms with E-state index >= 15 is 0 Å². The van der Waals surface area contributed by atoms with E-state index in [4.69, 9.17) is 4.74 Å². The van der Waals surface area contributed by atoms with E-state index in [2.05, 4.69) is 38.2 Å². The molecule has 0 bridgehead atoms.